The van der Waals surface area contributed by atoms with E-state index in [1.807, 2.05) is 18.7 Å². The predicted octanol–water partition coefficient (Wildman–Crippen LogP) is 3.30. The number of hydrogen-bond donors (Lipinski definition) is 1. The summed E-state index contributed by atoms with van der Waals surface area (Å²) in [5, 5.41) is 2.98. The van der Waals surface area contributed by atoms with Crippen LogP contribution in [0.3, 0.4) is 0 Å². The number of amides is 2. The summed E-state index contributed by atoms with van der Waals surface area (Å²) < 4.78 is 5.55. The van der Waals surface area contributed by atoms with Crippen molar-refractivity contribution in [1.82, 2.24) is 15.1 Å². The molecule has 0 bridgehead atoms. The fraction of sp³-hybridized carbons (Fsp3) is 0.913. The van der Waals surface area contributed by atoms with Gasteiger partial charge in [0, 0.05) is 31.6 Å². The first kappa shape index (κ1) is 25.9. The zero-order chi connectivity index (χ0) is 21.6. The van der Waals surface area contributed by atoms with Gasteiger partial charge in [0.2, 0.25) is 11.8 Å². The Labute approximate surface area is 178 Å². The minimum atomic E-state index is 0.132. The Hall–Kier alpha value is -1.14. The van der Waals surface area contributed by atoms with Crippen molar-refractivity contribution in [3.05, 3.63) is 0 Å². The molecule has 1 N–H and O–H groups in total. The first-order valence-corrected chi connectivity index (χ1v) is 11.9. The molecule has 0 aliphatic carbocycles. The number of nitrogens with zero attached hydrogens (tertiary/aromatic N) is 2. The molecule has 2 amide bonds. The lowest BCUT2D eigenvalue weighted by Crippen LogP contribution is -2.43. The normalized spacial score (nSPS) is 19.0. The van der Waals surface area contributed by atoms with Gasteiger partial charge in [-0.25, -0.2) is 0 Å². The van der Waals surface area contributed by atoms with Crippen LogP contribution in [-0.4, -0.2) is 73.6 Å². The van der Waals surface area contributed by atoms with E-state index in [-0.39, 0.29) is 17.7 Å². The van der Waals surface area contributed by atoms with E-state index in [0.29, 0.717) is 32.2 Å². The van der Waals surface area contributed by atoms with Gasteiger partial charge in [-0.1, -0.05) is 27.2 Å². The zero-order valence-electron chi connectivity index (χ0n) is 19.5. The number of nitrogens with one attached hydrogen (secondary N) is 1. The Balaban J connectivity index is 0.00000204. The van der Waals surface area contributed by atoms with Crippen LogP contribution in [0, 0.1) is 11.8 Å². The molecule has 2 rings (SSSR count). The maximum Gasteiger partial charge on any atom is 0.224 e. The maximum atomic E-state index is 12.2. The molecule has 0 unspecified atom stereocenters. The lowest BCUT2D eigenvalue weighted by Gasteiger charge is -2.33. The van der Waals surface area contributed by atoms with Gasteiger partial charge in [0.15, 0.2) is 0 Å². The maximum absolute atomic E-state index is 12.2. The van der Waals surface area contributed by atoms with Crippen LogP contribution in [0.1, 0.15) is 73.1 Å². The largest absolute Gasteiger partial charge is 0.379 e. The summed E-state index contributed by atoms with van der Waals surface area (Å²) in [7, 11) is 0. The quantitative estimate of drug-likeness (QED) is 0.591. The molecule has 2 saturated heterocycles. The fourth-order valence-corrected chi connectivity index (χ4v) is 4.08. The van der Waals surface area contributed by atoms with E-state index in [1.165, 1.54) is 6.42 Å². The van der Waals surface area contributed by atoms with Crippen LogP contribution < -0.4 is 5.32 Å². The van der Waals surface area contributed by atoms with Crippen molar-refractivity contribution in [2.24, 2.45) is 11.8 Å². The third kappa shape index (κ3) is 9.47. The number of likely N-dealkylation sites (tertiary alicyclic amines) is 2. The van der Waals surface area contributed by atoms with Crippen LogP contribution in [0.15, 0.2) is 0 Å². The van der Waals surface area contributed by atoms with E-state index in [9.17, 15) is 9.59 Å². The summed E-state index contributed by atoms with van der Waals surface area (Å²) in [6, 6.07) is 0.558. The number of rotatable bonds is 9. The van der Waals surface area contributed by atoms with Gasteiger partial charge in [0.05, 0.1) is 19.6 Å². The van der Waals surface area contributed by atoms with E-state index < -0.39 is 0 Å². The highest BCUT2D eigenvalue weighted by Gasteiger charge is 2.25. The summed E-state index contributed by atoms with van der Waals surface area (Å²) >= 11 is 0. The molecule has 0 aromatic carbocycles. The number of piperidine rings is 2. The molecule has 170 valence electrons. The van der Waals surface area contributed by atoms with Gasteiger partial charge in [0.1, 0.15) is 0 Å². The Morgan fingerprint density at radius 2 is 1.62 bits per heavy atom. The molecule has 29 heavy (non-hydrogen) atoms. The van der Waals surface area contributed by atoms with Crippen LogP contribution >= 0.6 is 0 Å². The summed E-state index contributed by atoms with van der Waals surface area (Å²) in [4.78, 5) is 28.8. The van der Waals surface area contributed by atoms with Crippen molar-refractivity contribution < 1.29 is 14.3 Å². The van der Waals surface area contributed by atoms with Crippen molar-refractivity contribution in [3.8, 4) is 0 Å². The third-order valence-electron chi connectivity index (χ3n) is 6.18. The molecule has 0 atom stereocenters. The van der Waals surface area contributed by atoms with E-state index in [2.05, 4.69) is 31.0 Å². The second-order valence-corrected chi connectivity index (χ2v) is 8.29. The summed E-state index contributed by atoms with van der Waals surface area (Å²) in [6.07, 6.45) is 5.80. The number of carbonyl (C=O) groups excluding carboxylic acids is 2. The van der Waals surface area contributed by atoms with E-state index >= 15 is 0 Å². The van der Waals surface area contributed by atoms with E-state index in [0.717, 1.165) is 57.8 Å². The van der Waals surface area contributed by atoms with Gasteiger partial charge in [-0.3, -0.25) is 9.59 Å². The minimum Gasteiger partial charge on any atom is -0.379 e. The van der Waals surface area contributed by atoms with Gasteiger partial charge in [-0.05, 0) is 58.5 Å². The van der Waals surface area contributed by atoms with E-state index in [4.69, 9.17) is 4.74 Å². The predicted molar refractivity (Wildman–Crippen MR) is 119 cm³/mol. The van der Waals surface area contributed by atoms with Crippen molar-refractivity contribution in [3.63, 3.8) is 0 Å². The molecule has 6 heteroatoms. The highest BCUT2D eigenvalue weighted by atomic mass is 16.5. The van der Waals surface area contributed by atoms with Crippen molar-refractivity contribution in [1.29, 1.82) is 0 Å². The number of hydrogen-bond acceptors (Lipinski definition) is 4. The fourth-order valence-electron chi connectivity index (χ4n) is 4.08. The summed E-state index contributed by atoms with van der Waals surface area (Å²) in [5.41, 5.74) is 0. The SMILES string of the molecule is CC.CCC1CCN(C(=O)CCOCCNC(=O)C2CCN(C(C)C)CC2)CC1. The number of carbonyl (C=O) groups is 2. The molecular weight excluding hydrogens is 366 g/mol. The topological polar surface area (TPSA) is 61.9 Å². The van der Waals surface area contributed by atoms with Gasteiger partial charge in [-0.15, -0.1) is 0 Å². The van der Waals surface area contributed by atoms with Crippen LogP contribution in [-0.2, 0) is 14.3 Å². The Morgan fingerprint density at radius 1 is 1.00 bits per heavy atom. The lowest BCUT2D eigenvalue weighted by atomic mass is 9.94. The van der Waals surface area contributed by atoms with Crippen LogP contribution in [0.25, 0.3) is 0 Å². The molecular formula is C23H45N3O3. The second-order valence-electron chi connectivity index (χ2n) is 8.29. The minimum absolute atomic E-state index is 0.132. The average molecular weight is 412 g/mol. The van der Waals surface area contributed by atoms with Crippen molar-refractivity contribution in [2.45, 2.75) is 79.2 Å². The summed E-state index contributed by atoms with van der Waals surface area (Å²) in [6.45, 7) is 15.9. The molecule has 2 aliphatic heterocycles. The Kier molecular flexibility index (Phi) is 13.2. The highest BCUT2D eigenvalue weighted by Crippen LogP contribution is 2.20. The Bertz CT molecular complexity index is 454. The van der Waals surface area contributed by atoms with Crippen molar-refractivity contribution in [2.75, 3.05) is 45.9 Å². The molecule has 0 saturated carbocycles. The molecule has 2 heterocycles. The lowest BCUT2D eigenvalue weighted by molar-refractivity contribution is -0.134. The van der Waals surface area contributed by atoms with Crippen LogP contribution in [0.5, 0.6) is 0 Å². The molecule has 2 fully saturated rings. The first-order chi connectivity index (χ1) is 14.0. The number of ether oxygens (including phenoxy) is 1. The standard InChI is InChI=1S/C21H39N3O3.C2H6/c1-4-18-5-11-24(12-6-18)20(25)9-15-27-16-10-22-21(26)19-7-13-23(14-8-19)17(2)3;1-2/h17-19H,4-16H2,1-3H3,(H,22,26);1-2H3. The monoisotopic (exact) mass is 411 g/mol. The average Bonchev–Trinajstić information content (AvgIpc) is 2.77. The molecule has 2 aliphatic rings. The molecule has 0 aromatic rings. The highest BCUT2D eigenvalue weighted by molar-refractivity contribution is 5.78. The molecule has 0 aromatic heterocycles. The molecule has 6 nitrogen and oxygen atoms in total. The third-order valence-corrected chi connectivity index (χ3v) is 6.18. The van der Waals surface area contributed by atoms with Gasteiger partial charge in [0.25, 0.3) is 0 Å². The van der Waals surface area contributed by atoms with E-state index in [1.54, 1.807) is 0 Å². The molecule has 0 radical (unpaired) electrons. The smallest absolute Gasteiger partial charge is 0.224 e. The van der Waals surface area contributed by atoms with Gasteiger partial charge in [-0.2, -0.15) is 0 Å². The molecule has 0 spiro atoms. The zero-order valence-corrected chi connectivity index (χ0v) is 19.5. The second kappa shape index (κ2) is 14.8. The van der Waals surface area contributed by atoms with Crippen LogP contribution in [0.2, 0.25) is 0 Å². The van der Waals surface area contributed by atoms with Gasteiger partial charge >= 0.3 is 0 Å². The summed E-state index contributed by atoms with van der Waals surface area (Å²) in [5.74, 6) is 1.27. The van der Waals surface area contributed by atoms with Crippen molar-refractivity contribution >= 4 is 11.8 Å². The van der Waals surface area contributed by atoms with Crippen LogP contribution in [0.4, 0.5) is 0 Å². The van der Waals surface area contributed by atoms with Gasteiger partial charge < -0.3 is 19.9 Å². The first-order valence-electron chi connectivity index (χ1n) is 11.9. The Morgan fingerprint density at radius 3 is 2.17 bits per heavy atom.